The molecular weight excluding hydrogens is 781 g/mol. The van der Waals surface area contributed by atoms with Gasteiger partial charge >= 0.3 is 17.9 Å². The molecule has 0 saturated carbocycles. The van der Waals surface area contributed by atoms with Crippen LogP contribution in [-0.4, -0.2) is 37.2 Å². The number of allylic oxidation sites excluding steroid dienone is 12. The Balaban J connectivity index is 4.34. The Morgan fingerprint density at radius 2 is 0.635 bits per heavy atom. The number of ether oxygens (including phenoxy) is 3. The van der Waals surface area contributed by atoms with E-state index in [1.54, 1.807) is 0 Å². The summed E-state index contributed by atoms with van der Waals surface area (Å²) in [6, 6.07) is 0. The lowest BCUT2D eigenvalue weighted by atomic mass is 10.1. The van der Waals surface area contributed by atoms with Crippen molar-refractivity contribution in [3.8, 4) is 0 Å². The maximum atomic E-state index is 12.8. The van der Waals surface area contributed by atoms with Gasteiger partial charge in [0, 0.05) is 19.3 Å². The molecule has 0 spiro atoms. The molecule has 6 heteroatoms. The van der Waals surface area contributed by atoms with Gasteiger partial charge in [0.25, 0.3) is 0 Å². The number of hydrogen-bond acceptors (Lipinski definition) is 6. The Bertz CT molecular complexity index is 1190. The zero-order valence-corrected chi connectivity index (χ0v) is 41.3. The van der Waals surface area contributed by atoms with Crippen LogP contribution in [0.5, 0.6) is 0 Å². The van der Waals surface area contributed by atoms with Crippen molar-refractivity contribution in [3.63, 3.8) is 0 Å². The number of carbonyl (C=O) groups excluding carboxylic acids is 3. The summed E-state index contributed by atoms with van der Waals surface area (Å²) in [4.78, 5) is 37.9. The van der Waals surface area contributed by atoms with Crippen molar-refractivity contribution in [3.05, 3.63) is 72.9 Å². The zero-order valence-electron chi connectivity index (χ0n) is 41.3. The van der Waals surface area contributed by atoms with E-state index < -0.39 is 6.10 Å². The van der Waals surface area contributed by atoms with Gasteiger partial charge in [-0.2, -0.15) is 0 Å². The number of carbonyl (C=O) groups is 3. The highest BCUT2D eigenvalue weighted by atomic mass is 16.6. The molecule has 0 aromatic heterocycles. The van der Waals surface area contributed by atoms with Crippen molar-refractivity contribution in [2.75, 3.05) is 13.2 Å². The van der Waals surface area contributed by atoms with Crippen LogP contribution in [0.1, 0.15) is 252 Å². The first-order chi connectivity index (χ1) is 31.0. The quantitative estimate of drug-likeness (QED) is 0.0262. The minimum atomic E-state index is -0.791. The second kappa shape index (κ2) is 51.5. The van der Waals surface area contributed by atoms with Gasteiger partial charge in [-0.15, -0.1) is 0 Å². The van der Waals surface area contributed by atoms with E-state index in [1.165, 1.54) is 122 Å². The minimum absolute atomic E-state index is 0.0899. The van der Waals surface area contributed by atoms with E-state index in [9.17, 15) is 14.4 Å². The third-order valence-electron chi connectivity index (χ3n) is 11.2. The number of esters is 3. The van der Waals surface area contributed by atoms with Crippen LogP contribution in [0.25, 0.3) is 0 Å². The van der Waals surface area contributed by atoms with Gasteiger partial charge in [-0.25, -0.2) is 0 Å². The number of rotatable bonds is 47. The summed E-state index contributed by atoms with van der Waals surface area (Å²) in [6.45, 7) is 6.44. The topological polar surface area (TPSA) is 78.9 Å². The molecule has 0 aromatic rings. The highest BCUT2D eigenvalue weighted by Gasteiger charge is 2.19. The molecule has 0 aliphatic heterocycles. The molecule has 0 aliphatic rings. The lowest BCUT2D eigenvalue weighted by Crippen LogP contribution is -2.30. The molecule has 0 aromatic carbocycles. The van der Waals surface area contributed by atoms with Crippen molar-refractivity contribution in [2.45, 2.75) is 258 Å². The molecule has 1 unspecified atom stereocenters. The maximum Gasteiger partial charge on any atom is 0.306 e. The summed E-state index contributed by atoms with van der Waals surface area (Å²) >= 11 is 0. The van der Waals surface area contributed by atoms with Gasteiger partial charge in [-0.1, -0.05) is 203 Å². The molecule has 0 fully saturated rings. The van der Waals surface area contributed by atoms with E-state index in [-0.39, 0.29) is 31.1 Å². The summed E-state index contributed by atoms with van der Waals surface area (Å²) in [5, 5.41) is 0. The van der Waals surface area contributed by atoms with Crippen molar-refractivity contribution in [1.29, 1.82) is 0 Å². The number of unbranched alkanes of at least 4 members (excludes halogenated alkanes) is 24. The molecule has 0 bridgehead atoms. The SMILES string of the molecule is CC/C=C\C/C=C\C/C=C\CCCCCCCCCCCC(=O)OCC(COC(=O)CCC/C=C\CCCCCC)OC(=O)CCCCCCCCC/C=C\C/C=C\CCCCC. The predicted octanol–water partition coefficient (Wildman–Crippen LogP) is 17.4. The molecule has 0 N–H and O–H groups in total. The van der Waals surface area contributed by atoms with E-state index in [1.807, 2.05) is 0 Å². The van der Waals surface area contributed by atoms with Gasteiger partial charge in [0.15, 0.2) is 6.10 Å². The van der Waals surface area contributed by atoms with Gasteiger partial charge in [-0.3, -0.25) is 14.4 Å². The van der Waals surface area contributed by atoms with Crippen LogP contribution in [0.15, 0.2) is 72.9 Å². The van der Waals surface area contributed by atoms with E-state index in [0.717, 1.165) is 83.5 Å². The number of hydrogen-bond donors (Lipinski definition) is 0. The Morgan fingerprint density at radius 1 is 0.333 bits per heavy atom. The molecule has 0 radical (unpaired) electrons. The summed E-state index contributed by atoms with van der Waals surface area (Å²) < 4.78 is 16.7. The van der Waals surface area contributed by atoms with Crippen LogP contribution in [0, 0.1) is 0 Å². The van der Waals surface area contributed by atoms with Crippen LogP contribution >= 0.6 is 0 Å². The molecule has 0 amide bonds. The van der Waals surface area contributed by atoms with Crippen LogP contribution in [-0.2, 0) is 28.6 Å². The lowest BCUT2D eigenvalue weighted by Gasteiger charge is -2.18. The third kappa shape index (κ3) is 49.7. The van der Waals surface area contributed by atoms with Gasteiger partial charge in [0.2, 0.25) is 0 Å². The normalized spacial score (nSPS) is 12.6. The van der Waals surface area contributed by atoms with Crippen LogP contribution in [0.2, 0.25) is 0 Å². The molecular formula is C57H98O6. The molecule has 0 rings (SSSR count). The summed E-state index contributed by atoms with van der Waals surface area (Å²) in [7, 11) is 0. The summed E-state index contributed by atoms with van der Waals surface area (Å²) in [5.74, 6) is -0.938. The van der Waals surface area contributed by atoms with Gasteiger partial charge in [-0.05, 0) is 103 Å². The minimum Gasteiger partial charge on any atom is -0.462 e. The van der Waals surface area contributed by atoms with Crippen molar-refractivity contribution in [2.24, 2.45) is 0 Å². The predicted molar refractivity (Wildman–Crippen MR) is 270 cm³/mol. The Hall–Kier alpha value is -3.15. The van der Waals surface area contributed by atoms with Gasteiger partial charge < -0.3 is 14.2 Å². The average molecular weight is 879 g/mol. The summed E-state index contributed by atoms with van der Waals surface area (Å²) in [6.07, 6.45) is 64.7. The first-order valence-electron chi connectivity index (χ1n) is 26.4. The van der Waals surface area contributed by atoms with E-state index in [2.05, 4.69) is 93.7 Å². The first-order valence-corrected chi connectivity index (χ1v) is 26.4. The average Bonchev–Trinajstić information content (AvgIpc) is 3.28. The van der Waals surface area contributed by atoms with E-state index in [0.29, 0.717) is 25.7 Å². The summed E-state index contributed by atoms with van der Waals surface area (Å²) in [5.41, 5.74) is 0. The smallest absolute Gasteiger partial charge is 0.306 e. The standard InChI is InChI=1S/C57H98O6/c1-4-7-10-13-16-19-21-23-25-27-28-30-31-33-35-38-41-44-47-50-56(59)62-53-54(52-61-55(58)49-46-43-40-37-18-15-12-9-6-3)63-57(60)51-48-45-42-39-36-34-32-29-26-24-22-20-17-14-11-8-5-2/h7,10,16-17,19-20,23-26,37,40,54H,4-6,8-9,11-15,18,21-22,27-36,38-39,41-53H2,1-3H3/b10-7-,19-16-,20-17-,25-23-,26-24-,40-37-. The van der Waals surface area contributed by atoms with Crippen molar-refractivity contribution < 1.29 is 28.6 Å². The van der Waals surface area contributed by atoms with Crippen molar-refractivity contribution >= 4 is 17.9 Å². The Kier molecular flexibility index (Phi) is 48.9. The second-order valence-corrected chi connectivity index (χ2v) is 17.4. The van der Waals surface area contributed by atoms with E-state index >= 15 is 0 Å². The van der Waals surface area contributed by atoms with Crippen LogP contribution < -0.4 is 0 Å². The Labute approximate surface area is 389 Å². The second-order valence-electron chi connectivity index (χ2n) is 17.4. The van der Waals surface area contributed by atoms with Crippen molar-refractivity contribution in [1.82, 2.24) is 0 Å². The van der Waals surface area contributed by atoms with Gasteiger partial charge in [0.1, 0.15) is 13.2 Å². The fraction of sp³-hybridized carbons (Fsp3) is 0.737. The van der Waals surface area contributed by atoms with Crippen LogP contribution in [0.3, 0.4) is 0 Å². The molecule has 63 heavy (non-hydrogen) atoms. The Morgan fingerprint density at radius 3 is 1.08 bits per heavy atom. The fourth-order valence-electron chi connectivity index (χ4n) is 7.20. The highest BCUT2D eigenvalue weighted by Crippen LogP contribution is 2.14. The fourth-order valence-corrected chi connectivity index (χ4v) is 7.20. The molecule has 362 valence electrons. The monoisotopic (exact) mass is 879 g/mol. The highest BCUT2D eigenvalue weighted by molar-refractivity contribution is 5.71. The molecule has 6 nitrogen and oxygen atoms in total. The molecule has 1 atom stereocenters. The third-order valence-corrected chi connectivity index (χ3v) is 11.2. The maximum absolute atomic E-state index is 12.8. The van der Waals surface area contributed by atoms with Gasteiger partial charge in [0.05, 0.1) is 0 Å². The molecule has 0 saturated heterocycles. The molecule has 0 heterocycles. The molecule has 0 aliphatic carbocycles. The zero-order chi connectivity index (χ0) is 45.8. The lowest BCUT2D eigenvalue weighted by molar-refractivity contribution is -0.167. The largest absolute Gasteiger partial charge is 0.462 e. The van der Waals surface area contributed by atoms with Crippen LogP contribution in [0.4, 0.5) is 0 Å². The van der Waals surface area contributed by atoms with E-state index in [4.69, 9.17) is 14.2 Å². The first kappa shape index (κ1) is 59.9.